The highest BCUT2D eigenvalue weighted by molar-refractivity contribution is 5.82. The van der Waals surface area contributed by atoms with E-state index in [0.29, 0.717) is 29.5 Å². The summed E-state index contributed by atoms with van der Waals surface area (Å²) in [5, 5.41) is 0. The fourth-order valence-corrected chi connectivity index (χ4v) is 3.20. The first-order valence-electron chi connectivity index (χ1n) is 9.67. The average Bonchev–Trinajstić information content (AvgIpc) is 2.74. The number of pyridine rings is 1. The van der Waals surface area contributed by atoms with Crippen molar-refractivity contribution in [3.63, 3.8) is 0 Å². The molecule has 0 radical (unpaired) electrons. The van der Waals surface area contributed by atoms with Gasteiger partial charge in [-0.25, -0.2) is 4.98 Å². The summed E-state index contributed by atoms with van der Waals surface area (Å²) in [6, 6.07) is 9.08. The monoisotopic (exact) mass is 428 g/mol. The number of ether oxygens (including phenoxy) is 3. The lowest BCUT2D eigenvalue weighted by Crippen LogP contribution is -2.17. The van der Waals surface area contributed by atoms with Crippen LogP contribution in [0.2, 0.25) is 0 Å². The fourth-order valence-electron chi connectivity index (χ4n) is 3.20. The van der Waals surface area contributed by atoms with E-state index in [0.717, 1.165) is 18.4 Å². The molecule has 2 aromatic rings. The van der Waals surface area contributed by atoms with Gasteiger partial charge in [0.2, 0.25) is 5.90 Å². The van der Waals surface area contributed by atoms with Crippen molar-refractivity contribution in [2.24, 2.45) is 4.99 Å². The summed E-state index contributed by atoms with van der Waals surface area (Å²) in [5.41, 5.74) is 2.72. The zero-order valence-corrected chi connectivity index (χ0v) is 16.4. The largest absolute Gasteiger partial charge is 0.573 e. The molecule has 1 aromatic carbocycles. The van der Waals surface area contributed by atoms with E-state index < -0.39 is 6.36 Å². The number of rotatable bonds is 5. The molecule has 0 saturated heterocycles. The summed E-state index contributed by atoms with van der Waals surface area (Å²) in [4.78, 5) is 8.65. The number of alkyl halides is 3. The van der Waals surface area contributed by atoms with Gasteiger partial charge in [0.1, 0.15) is 17.8 Å². The van der Waals surface area contributed by atoms with Gasteiger partial charge in [0.15, 0.2) is 12.4 Å². The molecule has 8 heteroatoms. The summed E-state index contributed by atoms with van der Waals surface area (Å²) < 4.78 is 52.2. The predicted octanol–water partition coefficient (Wildman–Crippen LogP) is 6.23. The van der Waals surface area contributed by atoms with Gasteiger partial charge in [-0.3, -0.25) is 0 Å². The van der Waals surface area contributed by atoms with Gasteiger partial charge in [0, 0.05) is 12.6 Å². The Kier molecular flexibility index (Phi) is 6.06. The maximum atomic E-state index is 12.3. The smallest absolute Gasteiger partial charge is 0.488 e. The van der Waals surface area contributed by atoms with Crippen molar-refractivity contribution in [3.8, 4) is 16.9 Å². The molecule has 0 fully saturated rings. The molecule has 5 nitrogen and oxygen atoms in total. The van der Waals surface area contributed by atoms with E-state index in [-0.39, 0.29) is 12.4 Å². The van der Waals surface area contributed by atoms with Gasteiger partial charge in [0.25, 0.3) is 0 Å². The first kappa shape index (κ1) is 20.7. The van der Waals surface area contributed by atoms with E-state index in [1.807, 2.05) is 6.08 Å². The lowest BCUT2D eigenvalue weighted by atomic mass is 10.0. The van der Waals surface area contributed by atoms with Crippen molar-refractivity contribution >= 4 is 11.7 Å². The van der Waals surface area contributed by atoms with Gasteiger partial charge in [-0.1, -0.05) is 35.9 Å². The summed E-state index contributed by atoms with van der Waals surface area (Å²) in [7, 11) is 0. The molecule has 0 unspecified atom stereocenters. The van der Waals surface area contributed by atoms with Crippen molar-refractivity contribution < 1.29 is 27.4 Å². The topological polar surface area (TPSA) is 52.9 Å². The molecule has 0 atom stereocenters. The molecular weight excluding hydrogens is 409 g/mol. The molecule has 4 rings (SSSR count). The van der Waals surface area contributed by atoms with Crippen molar-refractivity contribution in [1.82, 2.24) is 4.98 Å². The maximum Gasteiger partial charge on any atom is 0.573 e. The van der Waals surface area contributed by atoms with E-state index >= 15 is 0 Å². The fraction of sp³-hybridized carbons (Fsp3) is 0.217. The zero-order chi connectivity index (χ0) is 21.7. The molecule has 31 heavy (non-hydrogen) atoms. The Hall–Kier alpha value is -3.55. The molecule has 0 spiro atoms. The van der Waals surface area contributed by atoms with Crippen molar-refractivity contribution in [3.05, 3.63) is 78.4 Å². The highest BCUT2D eigenvalue weighted by Crippen LogP contribution is 2.28. The Morgan fingerprint density at radius 1 is 1.10 bits per heavy atom. The third kappa shape index (κ3) is 5.97. The minimum absolute atomic E-state index is 0.192. The molecule has 0 amide bonds. The van der Waals surface area contributed by atoms with Gasteiger partial charge < -0.3 is 14.2 Å². The van der Waals surface area contributed by atoms with Crippen LogP contribution in [0.5, 0.6) is 5.75 Å². The molecule has 1 aromatic heterocycles. The molecule has 1 aliphatic heterocycles. The van der Waals surface area contributed by atoms with Crippen LogP contribution >= 0.6 is 0 Å². The second-order valence-electron chi connectivity index (χ2n) is 6.95. The van der Waals surface area contributed by atoms with Crippen molar-refractivity contribution in [1.29, 1.82) is 0 Å². The van der Waals surface area contributed by atoms with Gasteiger partial charge in [-0.2, -0.15) is 4.99 Å². The third-order valence-electron chi connectivity index (χ3n) is 4.58. The van der Waals surface area contributed by atoms with E-state index in [1.165, 1.54) is 17.7 Å². The standard InChI is InChI=1S/C23H19F3N2O3/c24-23(25,26)31-19-8-6-17(7-9-19)18-10-11-27-21(13-18)28-22-15-29-14-20(30-22)12-16-4-2-1-3-5-16/h1-2,4,6-11,13-14H,3,5,12,15H2. The van der Waals surface area contributed by atoms with Crippen LogP contribution in [-0.4, -0.2) is 23.9 Å². The van der Waals surface area contributed by atoms with Crippen LogP contribution in [0.25, 0.3) is 11.1 Å². The summed E-state index contributed by atoms with van der Waals surface area (Å²) in [6.45, 7) is 0.192. The molecule has 0 bridgehead atoms. The van der Waals surface area contributed by atoms with Gasteiger partial charge in [-0.05, 0) is 48.2 Å². The second kappa shape index (κ2) is 9.07. The summed E-state index contributed by atoms with van der Waals surface area (Å²) in [6.07, 6.45) is 7.36. The molecular formula is C23H19F3N2O3. The van der Waals surface area contributed by atoms with E-state index in [4.69, 9.17) is 9.47 Å². The maximum absolute atomic E-state index is 12.3. The summed E-state index contributed by atoms with van der Waals surface area (Å²) in [5.74, 6) is 1.21. The Morgan fingerprint density at radius 3 is 2.68 bits per heavy atom. The highest BCUT2D eigenvalue weighted by atomic mass is 19.4. The van der Waals surface area contributed by atoms with Gasteiger partial charge in [0.05, 0.1) is 0 Å². The number of halogens is 3. The van der Waals surface area contributed by atoms with Crippen molar-refractivity contribution in [2.45, 2.75) is 25.6 Å². The van der Waals surface area contributed by atoms with E-state index in [2.05, 4.69) is 26.9 Å². The van der Waals surface area contributed by atoms with Crippen LogP contribution < -0.4 is 4.74 Å². The van der Waals surface area contributed by atoms with Gasteiger partial charge in [-0.15, -0.1) is 13.2 Å². The normalized spacial score (nSPS) is 17.5. The molecule has 2 heterocycles. The Balaban J connectivity index is 1.45. The number of nitrogens with zero attached hydrogens (tertiary/aromatic N) is 2. The SMILES string of the molecule is FC(F)(F)Oc1ccc(-c2ccnc(N=C3COC=C(CC4=CC=CCC4)O3)c2)cc1. The molecule has 160 valence electrons. The zero-order valence-electron chi connectivity index (χ0n) is 16.4. The lowest BCUT2D eigenvalue weighted by molar-refractivity contribution is -0.274. The first-order chi connectivity index (χ1) is 14.9. The van der Waals surface area contributed by atoms with E-state index in [9.17, 15) is 13.2 Å². The number of aromatic nitrogens is 1. The molecule has 0 N–H and O–H groups in total. The molecule has 2 aliphatic rings. The Labute approximate surface area is 177 Å². The minimum Gasteiger partial charge on any atom is -0.488 e. The molecule has 1 aliphatic carbocycles. The third-order valence-corrected chi connectivity index (χ3v) is 4.58. The predicted molar refractivity (Wildman–Crippen MR) is 110 cm³/mol. The minimum atomic E-state index is -4.72. The Morgan fingerprint density at radius 2 is 1.94 bits per heavy atom. The molecule has 0 saturated carbocycles. The van der Waals surface area contributed by atoms with Crippen LogP contribution in [-0.2, 0) is 9.47 Å². The number of benzene rings is 1. The van der Waals surface area contributed by atoms with Crippen LogP contribution in [0.15, 0.2) is 83.4 Å². The highest BCUT2D eigenvalue weighted by Gasteiger charge is 2.31. The van der Waals surface area contributed by atoms with E-state index in [1.54, 1.807) is 36.7 Å². The average molecular weight is 428 g/mol. The van der Waals surface area contributed by atoms with Crippen LogP contribution in [0, 0.1) is 0 Å². The van der Waals surface area contributed by atoms with Crippen LogP contribution in [0.1, 0.15) is 19.3 Å². The number of allylic oxidation sites excluding steroid dienone is 4. The first-order valence-corrected chi connectivity index (χ1v) is 9.67. The quantitative estimate of drug-likeness (QED) is 0.566. The van der Waals surface area contributed by atoms with Crippen LogP contribution in [0.4, 0.5) is 19.0 Å². The lowest BCUT2D eigenvalue weighted by Gasteiger charge is -2.18. The number of aliphatic imine (C=N–C) groups is 1. The van der Waals surface area contributed by atoms with Gasteiger partial charge >= 0.3 is 6.36 Å². The number of hydrogen-bond donors (Lipinski definition) is 0. The Bertz CT molecular complexity index is 1050. The van der Waals surface area contributed by atoms with Crippen LogP contribution in [0.3, 0.4) is 0 Å². The second-order valence-corrected chi connectivity index (χ2v) is 6.95. The van der Waals surface area contributed by atoms with Crippen molar-refractivity contribution in [2.75, 3.05) is 6.61 Å². The summed E-state index contributed by atoms with van der Waals surface area (Å²) >= 11 is 0. The number of hydrogen-bond acceptors (Lipinski definition) is 5.